The van der Waals surface area contributed by atoms with Crippen LogP contribution in [0, 0.1) is 17.1 Å². The number of ether oxygens (including phenoxy) is 1. The Labute approximate surface area is 237 Å². The highest BCUT2D eigenvalue weighted by Crippen LogP contribution is 2.42. The van der Waals surface area contributed by atoms with Crippen molar-refractivity contribution in [3.63, 3.8) is 0 Å². The van der Waals surface area contributed by atoms with E-state index >= 15 is 4.39 Å². The van der Waals surface area contributed by atoms with Crippen molar-refractivity contribution in [2.24, 2.45) is 0 Å². The van der Waals surface area contributed by atoms with Crippen LogP contribution >= 0.6 is 11.8 Å². The first-order valence-electron chi connectivity index (χ1n) is 12.7. The molecule has 0 aliphatic carbocycles. The largest absolute Gasteiger partial charge is 0.495 e. The van der Waals surface area contributed by atoms with Gasteiger partial charge in [-0.15, -0.1) is 0 Å². The van der Waals surface area contributed by atoms with Gasteiger partial charge >= 0.3 is 0 Å². The van der Waals surface area contributed by atoms with Crippen LogP contribution in [-0.4, -0.2) is 24.7 Å². The summed E-state index contributed by atoms with van der Waals surface area (Å²) in [4.78, 5) is 26.3. The lowest BCUT2D eigenvalue weighted by molar-refractivity contribution is -0.114. The van der Waals surface area contributed by atoms with E-state index in [-0.39, 0.29) is 28.4 Å². The highest BCUT2D eigenvalue weighted by Gasteiger charge is 2.36. The summed E-state index contributed by atoms with van der Waals surface area (Å²) in [6.07, 6.45) is 0.899. The molecule has 1 atom stereocenters. The van der Waals surface area contributed by atoms with Crippen LogP contribution in [0.4, 0.5) is 15.8 Å². The molecule has 0 unspecified atom stereocenters. The lowest BCUT2D eigenvalue weighted by Gasteiger charge is -2.30. The molecule has 0 radical (unpaired) electrons. The Morgan fingerprint density at radius 3 is 2.42 bits per heavy atom. The van der Waals surface area contributed by atoms with Crippen LogP contribution in [0.3, 0.4) is 0 Å². The average molecular weight is 557 g/mol. The minimum absolute atomic E-state index is 0.00303. The lowest BCUT2D eigenvalue weighted by Crippen LogP contribution is -2.31. The summed E-state index contributed by atoms with van der Waals surface area (Å²) in [7, 11) is 1.50. The zero-order valence-corrected chi connectivity index (χ0v) is 23.2. The van der Waals surface area contributed by atoms with Crippen molar-refractivity contribution in [3.05, 3.63) is 112 Å². The zero-order chi connectivity index (χ0) is 28.6. The molecule has 3 aromatic rings. The number of carbonyl (C=O) groups is 2. The van der Waals surface area contributed by atoms with E-state index < -0.39 is 17.6 Å². The zero-order valence-electron chi connectivity index (χ0n) is 22.4. The van der Waals surface area contributed by atoms with E-state index in [1.807, 2.05) is 24.3 Å². The number of amides is 2. The van der Waals surface area contributed by atoms with Crippen LogP contribution in [0.25, 0.3) is 0 Å². The van der Waals surface area contributed by atoms with Crippen LogP contribution < -0.4 is 20.7 Å². The molecule has 2 amide bonds. The number of hydrogen-bond donors (Lipinski definition) is 3. The van der Waals surface area contributed by atoms with Gasteiger partial charge in [0.15, 0.2) is 0 Å². The van der Waals surface area contributed by atoms with Gasteiger partial charge in [-0.3, -0.25) is 9.59 Å². The van der Waals surface area contributed by atoms with Gasteiger partial charge in [0.2, 0.25) is 5.91 Å². The number of dihydropyridines is 1. The van der Waals surface area contributed by atoms with Crippen molar-refractivity contribution >= 4 is 35.0 Å². The van der Waals surface area contributed by atoms with Gasteiger partial charge < -0.3 is 20.7 Å². The predicted molar refractivity (Wildman–Crippen MR) is 156 cm³/mol. The van der Waals surface area contributed by atoms with Gasteiger partial charge in [-0.1, -0.05) is 61.2 Å². The molecule has 7 nitrogen and oxygen atoms in total. The molecular weight excluding hydrogens is 527 g/mol. The standard InChI is InChI=1S/C31H29FN4O3S/c1-4-20-13-15-21(16-14-20)35-27(37)18-40-31-23(17-33)29(22-9-5-6-10-24(22)32)28(19(2)34-31)30(38)36-25-11-7-8-12-26(25)39-3/h5-16,29,34H,4,18H2,1-3H3,(H,35,37)(H,36,38)/t29-/m0/s1. The van der Waals surface area contributed by atoms with Gasteiger partial charge in [-0.05, 0) is 49.2 Å². The summed E-state index contributed by atoms with van der Waals surface area (Å²) >= 11 is 1.12. The lowest BCUT2D eigenvalue weighted by atomic mass is 9.82. The fraction of sp³-hybridized carbons (Fsp3) is 0.194. The number of hydrogen-bond acceptors (Lipinski definition) is 6. The maximum atomic E-state index is 15.1. The van der Waals surface area contributed by atoms with Gasteiger partial charge in [0, 0.05) is 22.5 Å². The third-order valence-electron chi connectivity index (χ3n) is 6.46. The Kier molecular flexibility index (Phi) is 9.25. The van der Waals surface area contributed by atoms with Gasteiger partial charge in [-0.2, -0.15) is 5.26 Å². The molecule has 0 fully saturated rings. The van der Waals surface area contributed by atoms with Crippen molar-refractivity contribution < 1.29 is 18.7 Å². The number of nitrogens with zero attached hydrogens (tertiary/aromatic N) is 1. The molecule has 0 spiro atoms. The van der Waals surface area contributed by atoms with E-state index in [9.17, 15) is 14.9 Å². The van der Waals surface area contributed by atoms with Crippen LogP contribution in [0.5, 0.6) is 5.75 Å². The molecule has 4 rings (SSSR count). The minimum Gasteiger partial charge on any atom is -0.495 e. The fourth-order valence-electron chi connectivity index (χ4n) is 4.44. The molecule has 40 heavy (non-hydrogen) atoms. The quantitative estimate of drug-likeness (QED) is 0.294. The third kappa shape index (κ3) is 6.35. The molecule has 0 saturated carbocycles. The number of rotatable bonds is 9. The second-order valence-corrected chi connectivity index (χ2v) is 10.0. The maximum absolute atomic E-state index is 15.1. The number of methoxy groups -OCH3 is 1. The van der Waals surface area contributed by atoms with E-state index in [1.54, 1.807) is 49.4 Å². The van der Waals surface area contributed by atoms with E-state index in [1.165, 1.54) is 13.2 Å². The van der Waals surface area contributed by atoms with Gasteiger partial charge in [0.25, 0.3) is 5.91 Å². The molecule has 1 aliphatic heterocycles. The molecule has 1 heterocycles. The first-order valence-corrected chi connectivity index (χ1v) is 13.7. The number of carbonyl (C=O) groups excluding carboxylic acids is 2. The summed E-state index contributed by atoms with van der Waals surface area (Å²) < 4.78 is 20.5. The third-order valence-corrected chi connectivity index (χ3v) is 7.47. The normalized spacial score (nSPS) is 14.7. The Morgan fingerprint density at radius 2 is 1.75 bits per heavy atom. The first-order chi connectivity index (χ1) is 19.4. The molecule has 3 N–H and O–H groups in total. The van der Waals surface area contributed by atoms with Crippen molar-refractivity contribution in [2.45, 2.75) is 26.2 Å². The Morgan fingerprint density at radius 1 is 1.05 bits per heavy atom. The fourth-order valence-corrected chi connectivity index (χ4v) is 5.34. The number of halogens is 1. The summed E-state index contributed by atoms with van der Waals surface area (Å²) in [6.45, 7) is 3.75. The highest BCUT2D eigenvalue weighted by molar-refractivity contribution is 8.03. The number of aryl methyl sites for hydroxylation is 1. The molecule has 0 bridgehead atoms. The Bertz CT molecular complexity index is 1530. The molecule has 0 saturated heterocycles. The average Bonchev–Trinajstić information content (AvgIpc) is 2.96. The number of nitrogens with one attached hydrogen (secondary N) is 3. The first kappa shape index (κ1) is 28.5. The monoisotopic (exact) mass is 556 g/mol. The molecule has 9 heteroatoms. The number of nitriles is 1. The second kappa shape index (κ2) is 13.0. The van der Waals surface area contributed by atoms with Crippen molar-refractivity contribution in [2.75, 3.05) is 23.5 Å². The summed E-state index contributed by atoms with van der Waals surface area (Å²) in [5.41, 5.74) is 3.23. The topological polar surface area (TPSA) is 103 Å². The minimum atomic E-state index is -0.991. The molecular formula is C31H29FN4O3S. The predicted octanol–water partition coefficient (Wildman–Crippen LogP) is 6.10. The van der Waals surface area contributed by atoms with Crippen LogP contribution in [0.15, 0.2) is 94.7 Å². The highest BCUT2D eigenvalue weighted by atomic mass is 32.2. The van der Waals surface area contributed by atoms with Crippen LogP contribution in [0.2, 0.25) is 0 Å². The van der Waals surface area contributed by atoms with Crippen LogP contribution in [0.1, 0.15) is 30.9 Å². The summed E-state index contributed by atoms with van der Waals surface area (Å²) in [5.74, 6) is -1.84. The number of thioether (sulfide) groups is 1. The van der Waals surface area contributed by atoms with Crippen molar-refractivity contribution in [3.8, 4) is 11.8 Å². The molecule has 3 aromatic carbocycles. The SMILES string of the molecule is CCc1ccc(NC(=O)CSC2=C(C#N)[C@H](c3ccccc3F)C(C(=O)Nc3ccccc3OC)=C(C)N2)cc1. The molecule has 204 valence electrons. The van der Waals surface area contributed by atoms with Crippen LogP contribution in [-0.2, 0) is 16.0 Å². The van der Waals surface area contributed by atoms with E-state index in [2.05, 4.69) is 28.9 Å². The molecule has 0 aromatic heterocycles. The number of benzene rings is 3. The number of para-hydroxylation sites is 2. The van der Waals surface area contributed by atoms with Crippen molar-refractivity contribution in [1.29, 1.82) is 5.26 Å². The van der Waals surface area contributed by atoms with Gasteiger partial charge in [0.05, 0.1) is 41.1 Å². The molecule has 1 aliphatic rings. The van der Waals surface area contributed by atoms with E-state index in [0.29, 0.717) is 27.9 Å². The van der Waals surface area contributed by atoms with Gasteiger partial charge in [-0.25, -0.2) is 4.39 Å². The second-order valence-electron chi connectivity index (χ2n) is 9.01. The number of anilines is 2. The Balaban J connectivity index is 1.63. The van der Waals surface area contributed by atoms with Crippen molar-refractivity contribution in [1.82, 2.24) is 5.32 Å². The summed E-state index contributed by atoms with van der Waals surface area (Å²) in [5, 5.41) is 19.4. The summed E-state index contributed by atoms with van der Waals surface area (Å²) in [6, 6.07) is 22.7. The van der Waals surface area contributed by atoms with E-state index in [0.717, 1.165) is 23.7 Å². The van der Waals surface area contributed by atoms with Gasteiger partial charge in [0.1, 0.15) is 11.6 Å². The smallest absolute Gasteiger partial charge is 0.254 e. The van der Waals surface area contributed by atoms with E-state index in [4.69, 9.17) is 4.74 Å². The number of allylic oxidation sites excluding steroid dienone is 2. The Hall–Kier alpha value is -4.55. The maximum Gasteiger partial charge on any atom is 0.254 e.